The fourth-order valence-electron chi connectivity index (χ4n) is 2.85. The number of sulfone groups is 1. The van der Waals surface area contributed by atoms with Crippen molar-refractivity contribution in [2.24, 2.45) is 0 Å². The molecule has 1 amide bonds. The van der Waals surface area contributed by atoms with Crippen LogP contribution in [0.4, 0.5) is 27.6 Å². The van der Waals surface area contributed by atoms with Crippen molar-refractivity contribution >= 4 is 21.4 Å². The van der Waals surface area contributed by atoms with Gasteiger partial charge >= 0.3 is 5.51 Å². The van der Waals surface area contributed by atoms with Crippen molar-refractivity contribution in [3.8, 4) is 0 Å². The second-order valence-corrected chi connectivity index (χ2v) is 7.61. The number of carbonyl (C=O) groups excluding carboxylic acids is 1. The molecule has 0 radical (unpaired) electrons. The number of aromatic nitrogens is 1. The van der Waals surface area contributed by atoms with Crippen LogP contribution < -0.4 is 4.90 Å². The number of carbonyl (C=O) groups is 1. The molecule has 5 nitrogen and oxygen atoms in total. The summed E-state index contributed by atoms with van der Waals surface area (Å²) < 4.78 is 89.7. The Morgan fingerprint density at radius 3 is 2.56 bits per heavy atom. The molecule has 0 spiro atoms. The molecular formula is C16H11F5N2O3S. The maximum absolute atomic E-state index is 14.0. The SMILES string of the molecule is O=C(c1cccnc1S(=O)(=O)C(F)(F)F)N1CCCc2c(F)cc(F)cc21. The van der Waals surface area contributed by atoms with Crippen LogP contribution in [0.25, 0.3) is 0 Å². The Morgan fingerprint density at radius 1 is 1.19 bits per heavy atom. The number of alkyl halides is 3. The smallest absolute Gasteiger partial charge is 0.308 e. The minimum absolute atomic E-state index is 0.0279. The van der Waals surface area contributed by atoms with Crippen LogP contribution in [0.1, 0.15) is 22.3 Å². The van der Waals surface area contributed by atoms with Crippen LogP contribution in [-0.4, -0.2) is 31.4 Å². The average molecular weight is 406 g/mol. The number of hydrogen-bond acceptors (Lipinski definition) is 4. The first-order chi connectivity index (χ1) is 12.5. The zero-order valence-electron chi connectivity index (χ0n) is 13.4. The average Bonchev–Trinajstić information content (AvgIpc) is 2.59. The molecule has 1 aliphatic rings. The number of halogens is 5. The first-order valence-electron chi connectivity index (χ1n) is 7.60. The molecule has 144 valence electrons. The molecule has 0 N–H and O–H groups in total. The molecule has 0 aliphatic carbocycles. The summed E-state index contributed by atoms with van der Waals surface area (Å²) >= 11 is 0. The third-order valence-electron chi connectivity index (χ3n) is 4.04. The summed E-state index contributed by atoms with van der Waals surface area (Å²) in [6, 6.07) is 3.48. The monoisotopic (exact) mass is 406 g/mol. The maximum atomic E-state index is 14.0. The summed E-state index contributed by atoms with van der Waals surface area (Å²) in [6.45, 7) is -0.0465. The first kappa shape index (κ1) is 19.2. The van der Waals surface area contributed by atoms with E-state index < -0.39 is 43.5 Å². The third kappa shape index (κ3) is 3.27. The fraction of sp³-hybridized carbons (Fsp3) is 0.250. The van der Waals surface area contributed by atoms with Crippen molar-refractivity contribution in [1.82, 2.24) is 4.98 Å². The lowest BCUT2D eigenvalue weighted by atomic mass is 10.00. The van der Waals surface area contributed by atoms with E-state index in [1.165, 1.54) is 0 Å². The first-order valence-corrected chi connectivity index (χ1v) is 9.08. The summed E-state index contributed by atoms with van der Waals surface area (Å²) in [5.74, 6) is -3.01. The molecule has 0 fully saturated rings. The Morgan fingerprint density at radius 2 is 1.89 bits per heavy atom. The fourth-order valence-corrected chi connectivity index (χ4v) is 3.71. The Kier molecular flexibility index (Phi) is 4.66. The van der Waals surface area contributed by atoms with Gasteiger partial charge in [-0.3, -0.25) is 4.79 Å². The second kappa shape index (κ2) is 6.55. The minimum atomic E-state index is -5.89. The van der Waals surface area contributed by atoms with E-state index in [1.54, 1.807) is 0 Å². The normalized spacial score (nSPS) is 14.8. The lowest BCUT2D eigenvalue weighted by Crippen LogP contribution is -2.37. The molecule has 0 saturated heterocycles. The Labute approximate surface area is 150 Å². The van der Waals surface area contributed by atoms with Crippen LogP contribution >= 0.6 is 0 Å². The van der Waals surface area contributed by atoms with Crippen molar-refractivity contribution in [3.63, 3.8) is 0 Å². The summed E-state index contributed by atoms with van der Waals surface area (Å²) in [4.78, 5) is 16.9. The second-order valence-electron chi connectivity index (χ2n) is 5.75. The van der Waals surface area contributed by atoms with Crippen LogP contribution in [0.5, 0.6) is 0 Å². The van der Waals surface area contributed by atoms with Gasteiger partial charge in [-0.1, -0.05) is 0 Å². The zero-order valence-corrected chi connectivity index (χ0v) is 14.2. The number of hydrogen-bond donors (Lipinski definition) is 0. The lowest BCUT2D eigenvalue weighted by molar-refractivity contribution is -0.0438. The highest BCUT2D eigenvalue weighted by Crippen LogP contribution is 2.34. The Hall–Kier alpha value is -2.56. The largest absolute Gasteiger partial charge is 0.503 e. The molecule has 27 heavy (non-hydrogen) atoms. The van der Waals surface area contributed by atoms with Crippen molar-refractivity contribution < 1.29 is 35.2 Å². The van der Waals surface area contributed by atoms with E-state index in [4.69, 9.17) is 0 Å². The van der Waals surface area contributed by atoms with Crippen LogP contribution in [0.2, 0.25) is 0 Å². The standard InChI is InChI=1S/C16H11F5N2O3S/c17-9-7-12(18)10-4-2-6-23(13(10)8-9)15(24)11-3-1-5-22-14(11)27(25,26)16(19,20)21/h1,3,5,7-8H,2,4,6H2. The maximum Gasteiger partial charge on any atom is 0.503 e. The van der Waals surface area contributed by atoms with Crippen molar-refractivity contribution in [1.29, 1.82) is 0 Å². The zero-order chi connectivity index (χ0) is 20.0. The number of pyridine rings is 1. The predicted molar refractivity (Wildman–Crippen MR) is 83.8 cm³/mol. The van der Waals surface area contributed by atoms with E-state index in [-0.39, 0.29) is 30.6 Å². The molecule has 1 aliphatic heterocycles. The number of fused-ring (bicyclic) bond motifs is 1. The summed E-state index contributed by atoms with van der Waals surface area (Å²) in [5.41, 5.74) is -6.61. The van der Waals surface area contributed by atoms with Gasteiger partial charge in [0.1, 0.15) is 11.6 Å². The van der Waals surface area contributed by atoms with E-state index >= 15 is 0 Å². The van der Waals surface area contributed by atoms with Gasteiger partial charge in [-0.15, -0.1) is 0 Å². The molecule has 2 heterocycles. The molecule has 0 unspecified atom stereocenters. The highest BCUT2D eigenvalue weighted by Gasteiger charge is 2.50. The molecule has 3 rings (SSSR count). The molecule has 0 atom stereocenters. The summed E-state index contributed by atoms with van der Waals surface area (Å²) in [5, 5.41) is -1.45. The number of nitrogens with zero attached hydrogens (tertiary/aromatic N) is 2. The number of amides is 1. The Bertz CT molecular complexity index is 1020. The van der Waals surface area contributed by atoms with Gasteiger partial charge in [0.15, 0.2) is 5.03 Å². The minimum Gasteiger partial charge on any atom is -0.308 e. The van der Waals surface area contributed by atoms with Crippen LogP contribution in [-0.2, 0) is 16.3 Å². The van der Waals surface area contributed by atoms with Crippen LogP contribution in [0.15, 0.2) is 35.5 Å². The molecule has 11 heteroatoms. The predicted octanol–water partition coefficient (Wildman–Crippen LogP) is 3.25. The van der Waals surface area contributed by atoms with Crippen molar-refractivity contribution in [3.05, 3.63) is 53.2 Å². The molecular weight excluding hydrogens is 395 g/mol. The van der Waals surface area contributed by atoms with E-state index in [9.17, 15) is 35.2 Å². The lowest BCUT2D eigenvalue weighted by Gasteiger charge is -2.30. The van der Waals surface area contributed by atoms with Gasteiger partial charge < -0.3 is 4.90 Å². The highest BCUT2D eigenvalue weighted by molar-refractivity contribution is 7.92. The van der Waals surface area contributed by atoms with E-state index in [2.05, 4.69) is 4.98 Å². The molecule has 0 bridgehead atoms. The molecule has 1 aromatic heterocycles. The quantitative estimate of drug-likeness (QED) is 0.719. The third-order valence-corrected chi connectivity index (χ3v) is 5.49. The Balaban J connectivity index is 2.13. The van der Waals surface area contributed by atoms with Gasteiger partial charge in [0.05, 0.1) is 11.3 Å². The van der Waals surface area contributed by atoms with Gasteiger partial charge in [0, 0.05) is 24.4 Å². The van der Waals surface area contributed by atoms with Gasteiger partial charge in [-0.25, -0.2) is 22.2 Å². The van der Waals surface area contributed by atoms with Crippen LogP contribution in [0.3, 0.4) is 0 Å². The van der Waals surface area contributed by atoms with Crippen molar-refractivity contribution in [2.45, 2.75) is 23.4 Å². The summed E-state index contributed by atoms with van der Waals surface area (Å²) in [7, 11) is -5.89. The van der Waals surface area contributed by atoms with E-state index in [0.29, 0.717) is 6.07 Å². The summed E-state index contributed by atoms with van der Waals surface area (Å²) in [6.07, 6.45) is 1.27. The van der Waals surface area contributed by atoms with Crippen molar-refractivity contribution in [2.75, 3.05) is 11.4 Å². The molecule has 2 aromatic rings. The van der Waals surface area contributed by atoms with E-state index in [0.717, 1.165) is 29.3 Å². The van der Waals surface area contributed by atoms with Crippen LogP contribution in [0, 0.1) is 11.6 Å². The van der Waals surface area contributed by atoms with Gasteiger partial charge in [0.2, 0.25) is 0 Å². The van der Waals surface area contributed by atoms with Gasteiger partial charge in [0.25, 0.3) is 15.7 Å². The topological polar surface area (TPSA) is 67.3 Å². The number of benzene rings is 1. The highest BCUT2D eigenvalue weighted by atomic mass is 32.2. The molecule has 0 saturated carbocycles. The number of rotatable bonds is 2. The van der Waals surface area contributed by atoms with Gasteiger partial charge in [-0.05, 0) is 31.0 Å². The number of anilines is 1. The molecule has 1 aromatic carbocycles. The van der Waals surface area contributed by atoms with E-state index in [1.807, 2.05) is 0 Å². The van der Waals surface area contributed by atoms with Gasteiger partial charge in [-0.2, -0.15) is 13.2 Å².